The molecule has 2 N–H and O–H groups in total. The van der Waals surface area contributed by atoms with E-state index in [1.54, 1.807) is 4.68 Å². The number of nitrogens with one attached hydrogen (secondary N) is 2. The maximum Gasteiger partial charge on any atom is 0.313 e. The summed E-state index contributed by atoms with van der Waals surface area (Å²) in [7, 11) is 0. The van der Waals surface area contributed by atoms with E-state index in [9.17, 15) is 9.59 Å². The molecule has 0 saturated carbocycles. The molecular formula is C16H27N5O3. The molecule has 0 bridgehead atoms. The van der Waals surface area contributed by atoms with Crippen LogP contribution in [0.2, 0.25) is 0 Å². The molecule has 0 atom stereocenters. The molecule has 2 rings (SSSR count). The van der Waals surface area contributed by atoms with Gasteiger partial charge in [0.2, 0.25) is 0 Å². The zero-order valence-corrected chi connectivity index (χ0v) is 14.7. The average molecular weight is 337 g/mol. The maximum absolute atomic E-state index is 12.0. The van der Waals surface area contributed by atoms with Gasteiger partial charge in [-0.15, -0.1) is 0 Å². The Morgan fingerprint density at radius 3 is 2.54 bits per heavy atom. The fourth-order valence-corrected chi connectivity index (χ4v) is 2.77. The Morgan fingerprint density at radius 2 is 1.92 bits per heavy atom. The number of aromatic nitrogens is 2. The third-order valence-corrected chi connectivity index (χ3v) is 4.17. The van der Waals surface area contributed by atoms with Crippen LogP contribution in [0, 0.1) is 13.8 Å². The second-order valence-electron chi connectivity index (χ2n) is 5.88. The summed E-state index contributed by atoms with van der Waals surface area (Å²) < 4.78 is 7.09. The topological polar surface area (TPSA) is 88.5 Å². The SMILES string of the molecule is CCn1nc(C)c(NC(=O)C(=O)NCCCN2CCOCC2)c1C. The van der Waals surface area contributed by atoms with Crippen molar-refractivity contribution in [1.82, 2.24) is 20.0 Å². The lowest BCUT2D eigenvalue weighted by atomic mass is 10.3. The summed E-state index contributed by atoms with van der Waals surface area (Å²) in [4.78, 5) is 26.2. The molecule has 0 unspecified atom stereocenters. The van der Waals surface area contributed by atoms with E-state index in [1.807, 2.05) is 20.8 Å². The summed E-state index contributed by atoms with van der Waals surface area (Å²) in [6.45, 7) is 11.1. The molecule has 2 amide bonds. The molecule has 0 aromatic carbocycles. The summed E-state index contributed by atoms with van der Waals surface area (Å²) in [5, 5.41) is 9.65. The number of nitrogens with zero attached hydrogens (tertiary/aromatic N) is 3. The highest BCUT2D eigenvalue weighted by Gasteiger charge is 2.18. The van der Waals surface area contributed by atoms with Crippen LogP contribution in [0.25, 0.3) is 0 Å². The molecule has 1 aliphatic heterocycles. The van der Waals surface area contributed by atoms with E-state index in [0.29, 0.717) is 17.9 Å². The highest BCUT2D eigenvalue weighted by Crippen LogP contribution is 2.18. The second kappa shape index (κ2) is 8.79. The molecule has 1 aliphatic rings. The first kappa shape index (κ1) is 18.4. The van der Waals surface area contributed by atoms with Crippen molar-refractivity contribution in [2.45, 2.75) is 33.7 Å². The molecule has 0 radical (unpaired) electrons. The van der Waals surface area contributed by atoms with Crippen molar-refractivity contribution in [2.24, 2.45) is 0 Å². The van der Waals surface area contributed by atoms with Crippen LogP contribution in [0.1, 0.15) is 24.7 Å². The molecular weight excluding hydrogens is 310 g/mol. The molecule has 0 aliphatic carbocycles. The van der Waals surface area contributed by atoms with E-state index < -0.39 is 11.8 Å². The van der Waals surface area contributed by atoms with E-state index in [1.165, 1.54) is 0 Å². The fraction of sp³-hybridized carbons (Fsp3) is 0.688. The van der Waals surface area contributed by atoms with Gasteiger partial charge in [0.05, 0.1) is 30.3 Å². The molecule has 1 aromatic rings. The number of hydrogen-bond donors (Lipinski definition) is 2. The van der Waals surface area contributed by atoms with Crippen LogP contribution in [-0.2, 0) is 20.9 Å². The molecule has 24 heavy (non-hydrogen) atoms. The highest BCUT2D eigenvalue weighted by atomic mass is 16.5. The summed E-state index contributed by atoms with van der Waals surface area (Å²) in [5.41, 5.74) is 2.18. The van der Waals surface area contributed by atoms with Crippen molar-refractivity contribution in [3.63, 3.8) is 0 Å². The van der Waals surface area contributed by atoms with Crippen molar-refractivity contribution in [3.8, 4) is 0 Å². The third kappa shape index (κ3) is 4.78. The first-order chi connectivity index (χ1) is 11.5. The van der Waals surface area contributed by atoms with Crippen LogP contribution < -0.4 is 10.6 Å². The minimum Gasteiger partial charge on any atom is -0.379 e. The molecule has 1 fully saturated rings. The zero-order chi connectivity index (χ0) is 17.5. The van der Waals surface area contributed by atoms with E-state index in [-0.39, 0.29) is 0 Å². The molecule has 0 spiro atoms. The Morgan fingerprint density at radius 1 is 1.21 bits per heavy atom. The number of carbonyl (C=O) groups is 2. The van der Waals surface area contributed by atoms with E-state index >= 15 is 0 Å². The summed E-state index contributed by atoms with van der Waals surface area (Å²) in [5.74, 6) is -1.26. The van der Waals surface area contributed by atoms with Gasteiger partial charge in [0, 0.05) is 26.2 Å². The number of morpholine rings is 1. The van der Waals surface area contributed by atoms with Crippen LogP contribution in [0.4, 0.5) is 5.69 Å². The number of hydrogen-bond acceptors (Lipinski definition) is 5. The number of anilines is 1. The molecule has 1 saturated heterocycles. The third-order valence-electron chi connectivity index (χ3n) is 4.17. The van der Waals surface area contributed by atoms with E-state index in [4.69, 9.17) is 4.74 Å². The summed E-state index contributed by atoms with van der Waals surface area (Å²) in [6, 6.07) is 0. The largest absolute Gasteiger partial charge is 0.379 e. The van der Waals surface area contributed by atoms with Gasteiger partial charge >= 0.3 is 11.8 Å². The minimum absolute atomic E-state index is 0.482. The predicted octanol–water partition coefficient (Wildman–Crippen LogP) is 0.297. The molecule has 1 aromatic heterocycles. The van der Waals surface area contributed by atoms with Gasteiger partial charge in [-0.1, -0.05) is 0 Å². The van der Waals surface area contributed by atoms with Gasteiger partial charge in [-0.3, -0.25) is 19.2 Å². The quantitative estimate of drug-likeness (QED) is 0.576. The smallest absolute Gasteiger partial charge is 0.313 e. The Kier molecular flexibility index (Phi) is 6.74. The number of ether oxygens (including phenoxy) is 1. The van der Waals surface area contributed by atoms with Crippen LogP contribution in [0.5, 0.6) is 0 Å². The van der Waals surface area contributed by atoms with Gasteiger partial charge in [-0.05, 0) is 33.7 Å². The molecule has 8 nitrogen and oxygen atoms in total. The lowest BCUT2D eigenvalue weighted by Gasteiger charge is -2.26. The summed E-state index contributed by atoms with van der Waals surface area (Å²) in [6.07, 6.45) is 0.810. The first-order valence-electron chi connectivity index (χ1n) is 8.46. The Balaban J connectivity index is 1.74. The Labute approximate surface area is 142 Å². The first-order valence-corrected chi connectivity index (χ1v) is 8.46. The standard InChI is InChI=1S/C16H27N5O3/c1-4-21-13(3)14(12(2)19-21)18-16(23)15(22)17-6-5-7-20-8-10-24-11-9-20/h4-11H2,1-3H3,(H,17,22)(H,18,23). The second-order valence-corrected chi connectivity index (χ2v) is 5.88. The fourth-order valence-electron chi connectivity index (χ4n) is 2.77. The minimum atomic E-state index is -0.650. The lowest BCUT2D eigenvalue weighted by Crippen LogP contribution is -2.39. The van der Waals surface area contributed by atoms with Crippen LogP contribution in [0.15, 0.2) is 0 Å². The maximum atomic E-state index is 12.0. The number of amides is 2. The van der Waals surface area contributed by atoms with Crippen LogP contribution >= 0.6 is 0 Å². The number of rotatable bonds is 6. The van der Waals surface area contributed by atoms with Crippen molar-refractivity contribution >= 4 is 17.5 Å². The van der Waals surface area contributed by atoms with Gasteiger partial charge in [0.1, 0.15) is 0 Å². The Bertz CT molecular complexity index is 579. The Hall–Kier alpha value is -1.93. The van der Waals surface area contributed by atoms with Gasteiger partial charge < -0.3 is 15.4 Å². The van der Waals surface area contributed by atoms with Crippen molar-refractivity contribution in [2.75, 3.05) is 44.7 Å². The van der Waals surface area contributed by atoms with Crippen molar-refractivity contribution < 1.29 is 14.3 Å². The molecule has 2 heterocycles. The zero-order valence-electron chi connectivity index (χ0n) is 14.7. The molecule has 8 heteroatoms. The van der Waals surface area contributed by atoms with Crippen LogP contribution in [-0.4, -0.2) is 65.9 Å². The van der Waals surface area contributed by atoms with E-state index in [0.717, 1.165) is 51.5 Å². The van der Waals surface area contributed by atoms with Crippen molar-refractivity contribution in [1.29, 1.82) is 0 Å². The predicted molar refractivity (Wildman–Crippen MR) is 90.9 cm³/mol. The normalized spacial score (nSPS) is 15.3. The van der Waals surface area contributed by atoms with Crippen LogP contribution in [0.3, 0.4) is 0 Å². The van der Waals surface area contributed by atoms with E-state index in [2.05, 4.69) is 20.6 Å². The monoisotopic (exact) mass is 337 g/mol. The van der Waals surface area contributed by atoms with Crippen molar-refractivity contribution in [3.05, 3.63) is 11.4 Å². The highest BCUT2D eigenvalue weighted by molar-refractivity contribution is 6.39. The number of carbonyl (C=O) groups excluding carboxylic acids is 2. The average Bonchev–Trinajstić information content (AvgIpc) is 2.86. The number of aryl methyl sites for hydroxylation is 2. The summed E-state index contributed by atoms with van der Waals surface area (Å²) >= 11 is 0. The lowest BCUT2D eigenvalue weighted by molar-refractivity contribution is -0.136. The van der Waals surface area contributed by atoms with Gasteiger partial charge in [-0.2, -0.15) is 5.10 Å². The molecule has 134 valence electrons. The van der Waals surface area contributed by atoms with Gasteiger partial charge in [-0.25, -0.2) is 0 Å². The van der Waals surface area contributed by atoms with Gasteiger partial charge in [0.25, 0.3) is 0 Å². The van der Waals surface area contributed by atoms with Gasteiger partial charge in [0.15, 0.2) is 0 Å².